The molecule has 2 fully saturated rings. The third-order valence-corrected chi connectivity index (χ3v) is 4.94. The summed E-state index contributed by atoms with van der Waals surface area (Å²) in [7, 11) is 2.17. The van der Waals surface area contributed by atoms with Crippen LogP contribution in [0.25, 0.3) is 0 Å². The fourth-order valence-electron chi connectivity index (χ4n) is 3.78. The Bertz CT molecular complexity index is 523. The second-order valence-electron chi connectivity index (χ2n) is 6.32. The molecule has 0 aromatic heterocycles. The van der Waals surface area contributed by atoms with Gasteiger partial charge in [-0.25, -0.2) is 0 Å². The van der Waals surface area contributed by atoms with Gasteiger partial charge in [0.1, 0.15) is 0 Å². The molecule has 0 N–H and O–H groups in total. The summed E-state index contributed by atoms with van der Waals surface area (Å²) in [5.41, 5.74) is 2.79. The fourth-order valence-corrected chi connectivity index (χ4v) is 3.78. The third kappa shape index (κ3) is 1.75. The zero-order valence-electron chi connectivity index (χ0n) is 11.4. The van der Waals surface area contributed by atoms with Crippen molar-refractivity contribution in [3.63, 3.8) is 0 Å². The Kier molecular flexibility index (Phi) is 2.38. The van der Waals surface area contributed by atoms with Gasteiger partial charge in [-0.1, -0.05) is 18.2 Å². The number of para-hydroxylation sites is 1. The molecule has 0 bridgehead atoms. The molecule has 0 spiro atoms. The van der Waals surface area contributed by atoms with E-state index >= 15 is 0 Å². The van der Waals surface area contributed by atoms with Crippen LogP contribution in [0.15, 0.2) is 24.3 Å². The molecule has 2 heterocycles. The second-order valence-corrected chi connectivity index (χ2v) is 6.32. The van der Waals surface area contributed by atoms with Gasteiger partial charge in [-0.05, 0) is 24.5 Å². The minimum atomic E-state index is 0.355. The van der Waals surface area contributed by atoms with E-state index in [1.807, 2.05) is 0 Å². The van der Waals surface area contributed by atoms with Crippen molar-refractivity contribution in [1.82, 2.24) is 4.90 Å². The lowest BCUT2D eigenvalue weighted by Gasteiger charge is -2.35. The smallest absolute Gasteiger partial charge is 0.225 e. The van der Waals surface area contributed by atoms with Gasteiger partial charge in [0.2, 0.25) is 5.91 Å². The van der Waals surface area contributed by atoms with E-state index in [1.54, 1.807) is 0 Å². The van der Waals surface area contributed by atoms with E-state index < -0.39 is 0 Å². The minimum absolute atomic E-state index is 0.355. The van der Waals surface area contributed by atoms with Crippen molar-refractivity contribution in [3.8, 4) is 0 Å². The van der Waals surface area contributed by atoms with Crippen LogP contribution >= 0.6 is 0 Å². The van der Waals surface area contributed by atoms with E-state index in [-0.39, 0.29) is 0 Å². The van der Waals surface area contributed by atoms with Gasteiger partial charge in [0.25, 0.3) is 0 Å². The molecule has 0 radical (unpaired) electrons. The summed E-state index contributed by atoms with van der Waals surface area (Å²) >= 11 is 0. The van der Waals surface area contributed by atoms with Crippen LogP contribution in [0.5, 0.6) is 0 Å². The number of fused-ring (bicyclic) bond motifs is 3. The summed E-state index contributed by atoms with van der Waals surface area (Å²) in [6, 6.07) is 8.68. The van der Waals surface area contributed by atoms with Crippen LogP contribution < -0.4 is 4.90 Å². The number of benzene rings is 1. The Labute approximate surface area is 114 Å². The lowest BCUT2D eigenvalue weighted by Crippen LogP contribution is -2.35. The maximum atomic E-state index is 12.3. The molecule has 2 aliphatic heterocycles. The summed E-state index contributed by atoms with van der Waals surface area (Å²) in [4.78, 5) is 16.7. The first-order valence-corrected chi connectivity index (χ1v) is 7.33. The van der Waals surface area contributed by atoms with Gasteiger partial charge >= 0.3 is 0 Å². The molecule has 3 aliphatic rings. The van der Waals surface area contributed by atoms with Crippen LogP contribution in [0.3, 0.4) is 0 Å². The molecular formula is C16H20N2O. The van der Waals surface area contributed by atoms with Crippen LogP contribution in [0.2, 0.25) is 0 Å². The van der Waals surface area contributed by atoms with Gasteiger partial charge < -0.3 is 9.80 Å². The summed E-state index contributed by atoms with van der Waals surface area (Å²) in [6.45, 7) is 2.97. The predicted molar refractivity (Wildman–Crippen MR) is 75.2 cm³/mol. The Morgan fingerprint density at radius 3 is 2.74 bits per heavy atom. The largest absolute Gasteiger partial charge is 0.374 e. The number of carbonyl (C=O) groups excluding carboxylic acids is 1. The zero-order chi connectivity index (χ0) is 13.0. The average Bonchev–Trinajstić information content (AvgIpc) is 3.18. The quantitative estimate of drug-likeness (QED) is 0.768. The molecule has 100 valence electrons. The Balaban J connectivity index is 1.63. The van der Waals surface area contributed by atoms with Crippen molar-refractivity contribution in [2.45, 2.75) is 18.8 Å². The monoisotopic (exact) mass is 256 g/mol. The Morgan fingerprint density at radius 1 is 1.16 bits per heavy atom. The molecule has 1 saturated heterocycles. The highest BCUT2D eigenvalue weighted by Gasteiger charge is 2.43. The molecule has 3 nitrogen and oxygen atoms in total. The van der Waals surface area contributed by atoms with Crippen LogP contribution in [0.1, 0.15) is 24.3 Å². The van der Waals surface area contributed by atoms with Gasteiger partial charge in [0.15, 0.2) is 0 Å². The highest BCUT2D eigenvalue weighted by molar-refractivity contribution is 5.81. The number of rotatable bonds is 1. The fraction of sp³-hybridized carbons (Fsp3) is 0.562. The van der Waals surface area contributed by atoms with E-state index in [4.69, 9.17) is 0 Å². The number of likely N-dealkylation sites (tertiary alicyclic amines) is 1. The Morgan fingerprint density at radius 2 is 1.95 bits per heavy atom. The first-order chi connectivity index (χ1) is 9.24. The average molecular weight is 256 g/mol. The number of carbonyl (C=O) groups is 1. The molecule has 1 amide bonds. The maximum absolute atomic E-state index is 12.3. The van der Waals surface area contributed by atoms with Crippen molar-refractivity contribution in [1.29, 1.82) is 0 Å². The Hall–Kier alpha value is -1.51. The minimum Gasteiger partial charge on any atom is -0.374 e. The topological polar surface area (TPSA) is 23.6 Å². The normalized spacial score (nSPS) is 29.1. The van der Waals surface area contributed by atoms with Crippen LogP contribution in [0.4, 0.5) is 5.69 Å². The van der Waals surface area contributed by atoms with Gasteiger partial charge in [-0.3, -0.25) is 4.79 Å². The van der Waals surface area contributed by atoms with Crippen molar-refractivity contribution in [2.24, 2.45) is 11.8 Å². The van der Waals surface area contributed by atoms with Crippen LogP contribution in [-0.4, -0.2) is 37.5 Å². The van der Waals surface area contributed by atoms with Crippen molar-refractivity contribution in [3.05, 3.63) is 29.8 Å². The van der Waals surface area contributed by atoms with E-state index in [0.29, 0.717) is 23.7 Å². The SMILES string of the molecule is CN1C[C@@H]2CN(C(=O)C3CC3)C[C@@H]2c2ccccc21. The number of anilines is 1. The van der Waals surface area contributed by atoms with E-state index in [9.17, 15) is 4.79 Å². The highest BCUT2D eigenvalue weighted by Crippen LogP contribution is 2.43. The zero-order valence-corrected chi connectivity index (χ0v) is 11.4. The highest BCUT2D eigenvalue weighted by atomic mass is 16.2. The first kappa shape index (κ1) is 11.3. The van der Waals surface area contributed by atoms with E-state index in [2.05, 4.69) is 41.1 Å². The van der Waals surface area contributed by atoms with E-state index in [1.165, 1.54) is 11.3 Å². The number of hydrogen-bond acceptors (Lipinski definition) is 2. The van der Waals surface area contributed by atoms with Crippen molar-refractivity contribution >= 4 is 11.6 Å². The molecular weight excluding hydrogens is 236 g/mol. The van der Waals surface area contributed by atoms with Crippen molar-refractivity contribution < 1.29 is 4.79 Å². The standard InChI is InChI=1S/C16H20N2O/c1-17-8-12-9-18(16(19)11-6-7-11)10-14(12)13-4-2-3-5-15(13)17/h2-5,11-12,14H,6-10H2,1H3/t12-,14+/m1/s1. The lowest BCUT2D eigenvalue weighted by atomic mass is 9.84. The van der Waals surface area contributed by atoms with Gasteiger partial charge in [-0.2, -0.15) is 0 Å². The maximum Gasteiger partial charge on any atom is 0.225 e. The molecule has 1 aliphatic carbocycles. The van der Waals surface area contributed by atoms with Gasteiger partial charge in [0, 0.05) is 50.1 Å². The second kappa shape index (κ2) is 3.99. The van der Waals surface area contributed by atoms with Crippen molar-refractivity contribution in [2.75, 3.05) is 31.6 Å². The predicted octanol–water partition coefficient (Wildman–Crippen LogP) is 2.09. The number of hydrogen-bond donors (Lipinski definition) is 0. The third-order valence-electron chi connectivity index (χ3n) is 4.94. The van der Waals surface area contributed by atoms with Crippen LogP contribution in [0, 0.1) is 11.8 Å². The lowest BCUT2D eigenvalue weighted by molar-refractivity contribution is -0.131. The van der Waals surface area contributed by atoms with E-state index in [0.717, 1.165) is 32.5 Å². The van der Waals surface area contributed by atoms with Crippen LogP contribution in [-0.2, 0) is 4.79 Å². The number of nitrogens with zero attached hydrogens (tertiary/aromatic N) is 2. The van der Waals surface area contributed by atoms with Gasteiger partial charge in [-0.15, -0.1) is 0 Å². The molecule has 1 aromatic carbocycles. The molecule has 3 heteroatoms. The summed E-state index contributed by atoms with van der Waals surface area (Å²) < 4.78 is 0. The molecule has 1 aromatic rings. The molecule has 1 saturated carbocycles. The summed E-state index contributed by atoms with van der Waals surface area (Å²) in [6.07, 6.45) is 2.22. The molecule has 2 atom stereocenters. The first-order valence-electron chi connectivity index (χ1n) is 7.33. The molecule has 4 rings (SSSR count). The molecule has 19 heavy (non-hydrogen) atoms. The molecule has 0 unspecified atom stereocenters. The number of amides is 1. The summed E-state index contributed by atoms with van der Waals surface area (Å²) in [5, 5.41) is 0. The van der Waals surface area contributed by atoms with Gasteiger partial charge in [0.05, 0.1) is 0 Å². The summed E-state index contributed by atoms with van der Waals surface area (Å²) in [5.74, 6) is 1.93.